The van der Waals surface area contributed by atoms with Crippen LogP contribution in [0.4, 0.5) is 19.0 Å². The topological polar surface area (TPSA) is 112 Å². The Morgan fingerprint density at radius 1 is 1.12 bits per heavy atom. The Morgan fingerprint density at radius 3 is 2.55 bits per heavy atom. The van der Waals surface area contributed by atoms with E-state index in [2.05, 4.69) is 10.4 Å². The summed E-state index contributed by atoms with van der Waals surface area (Å²) in [7, 11) is 0. The lowest BCUT2D eigenvalue weighted by Gasteiger charge is -2.33. The predicted octanol–water partition coefficient (Wildman–Crippen LogP) is 2.61. The fourth-order valence-electron chi connectivity index (χ4n) is 4.56. The molecule has 5 rings (SSSR count). The van der Waals surface area contributed by atoms with E-state index in [0.717, 1.165) is 4.68 Å². The number of aromatic nitrogens is 2. The van der Waals surface area contributed by atoms with E-state index < -0.39 is 30.1 Å². The Balaban J connectivity index is 1.40. The van der Waals surface area contributed by atoms with Gasteiger partial charge in [-0.05, 0) is 30.5 Å². The molecule has 4 heterocycles. The molecule has 9 nitrogen and oxygen atoms in total. The van der Waals surface area contributed by atoms with Crippen LogP contribution in [0.1, 0.15) is 47.4 Å². The number of halogens is 3. The first kappa shape index (κ1) is 21.4. The summed E-state index contributed by atoms with van der Waals surface area (Å²) in [6.07, 6.45) is -4.01. The molecule has 0 bridgehead atoms. The highest BCUT2D eigenvalue weighted by Crippen LogP contribution is 2.45. The molecule has 1 fully saturated rings. The highest BCUT2D eigenvalue weighted by Gasteiger charge is 2.47. The molecule has 12 heteroatoms. The van der Waals surface area contributed by atoms with Crippen molar-refractivity contribution in [3.63, 3.8) is 0 Å². The van der Waals surface area contributed by atoms with Gasteiger partial charge in [-0.2, -0.15) is 18.3 Å². The third-order valence-electron chi connectivity index (χ3n) is 6.39. The minimum Gasteiger partial charge on any atom is -0.454 e. The lowest BCUT2D eigenvalue weighted by molar-refractivity contribution is -0.173. The molecule has 0 saturated carbocycles. The number of hydrogen-bond acceptors (Lipinski definition) is 6. The molecule has 0 spiro atoms. The van der Waals surface area contributed by atoms with Gasteiger partial charge in [0, 0.05) is 31.5 Å². The summed E-state index contributed by atoms with van der Waals surface area (Å²) in [4.78, 5) is 25.8. The number of anilines is 1. The summed E-state index contributed by atoms with van der Waals surface area (Å²) in [5.41, 5.74) is 5.87. The highest BCUT2D eigenvalue weighted by atomic mass is 19.4. The van der Waals surface area contributed by atoms with Gasteiger partial charge in [-0.15, -0.1) is 0 Å². The largest absolute Gasteiger partial charge is 0.454 e. The van der Waals surface area contributed by atoms with E-state index >= 15 is 0 Å². The molecule has 2 aromatic rings. The van der Waals surface area contributed by atoms with Crippen LogP contribution in [0.3, 0.4) is 0 Å². The van der Waals surface area contributed by atoms with Crippen LogP contribution in [0.15, 0.2) is 24.3 Å². The van der Waals surface area contributed by atoms with Gasteiger partial charge in [0.2, 0.25) is 12.7 Å². The number of benzene rings is 1. The normalized spacial score (nSPS) is 22.6. The van der Waals surface area contributed by atoms with Crippen LogP contribution in [-0.4, -0.2) is 52.6 Å². The number of nitrogens with two attached hydrogens (primary N) is 1. The maximum absolute atomic E-state index is 13.9. The van der Waals surface area contributed by atoms with Crippen LogP contribution in [-0.2, 0) is 4.79 Å². The van der Waals surface area contributed by atoms with Gasteiger partial charge in [-0.1, -0.05) is 6.07 Å². The van der Waals surface area contributed by atoms with Gasteiger partial charge in [0.1, 0.15) is 5.82 Å². The molecular weight excluding hydrogens is 443 g/mol. The first-order valence-corrected chi connectivity index (χ1v) is 10.6. The molecule has 1 aromatic heterocycles. The summed E-state index contributed by atoms with van der Waals surface area (Å²) in [5, 5.41) is 7.10. The van der Waals surface area contributed by atoms with Crippen LogP contribution < -0.4 is 20.5 Å². The smallest absolute Gasteiger partial charge is 0.410 e. The molecule has 3 aliphatic heterocycles. The number of rotatable bonds is 3. The summed E-state index contributed by atoms with van der Waals surface area (Å²) >= 11 is 0. The fraction of sp³-hybridized carbons (Fsp3) is 0.476. The number of carbonyl (C=O) groups excluding carboxylic acids is 2. The predicted molar refractivity (Wildman–Crippen MR) is 109 cm³/mol. The number of alkyl halides is 3. The Bertz CT molecular complexity index is 1090. The number of nitrogens with zero attached hydrogens (tertiary/aromatic N) is 3. The summed E-state index contributed by atoms with van der Waals surface area (Å²) in [6.45, 7) is 0.659. The van der Waals surface area contributed by atoms with Crippen LogP contribution in [0.25, 0.3) is 0 Å². The average Bonchev–Trinajstić information content (AvgIpc) is 3.43. The third kappa shape index (κ3) is 3.93. The summed E-state index contributed by atoms with van der Waals surface area (Å²) in [6, 6.07) is 3.81. The lowest BCUT2D eigenvalue weighted by atomic mass is 9.96. The second kappa shape index (κ2) is 7.85. The first-order valence-electron chi connectivity index (χ1n) is 10.6. The standard InChI is InChI=1S/C21H22F3N5O4/c22-21(23,24)17-8-13(12-1-2-15-16(7-12)33-10-32-15)26-18-9-14(27-29(17)18)20(31)28-5-3-11(4-6-28)19(25)30/h1-2,7,9,11,13,17,26H,3-6,8,10H2,(H2,25,30)/t13-,17-/m1/s1. The Morgan fingerprint density at radius 2 is 1.85 bits per heavy atom. The van der Waals surface area contributed by atoms with Gasteiger partial charge in [0.15, 0.2) is 23.2 Å². The number of likely N-dealkylation sites (tertiary alicyclic amines) is 1. The number of amides is 2. The van der Waals surface area contributed by atoms with Crippen LogP contribution in [0, 0.1) is 5.92 Å². The lowest BCUT2D eigenvalue weighted by Crippen LogP contribution is -2.42. The van der Waals surface area contributed by atoms with E-state index in [4.69, 9.17) is 15.2 Å². The van der Waals surface area contributed by atoms with E-state index in [-0.39, 0.29) is 30.6 Å². The van der Waals surface area contributed by atoms with Gasteiger partial charge in [-0.3, -0.25) is 9.59 Å². The molecule has 1 aromatic carbocycles. The molecular formula is C21H22F3N5O4. The summed E-state index contributed by atoms with van der Waals surface area (Å²) < 4.78 is 53.3. The van der Waals surface area contributed by atoms with Crippen molar-refractivity contribution in [1.29, 1.82) is 0 Å². The van der Waals surface area contributed by atoms with Gasteiger partial charge < -0.3 is 25.4 Å². The molecule has 176 valence electrons. The SMILES string of the molecule is NC(=O)C1CCN(C(=O)c2cc3n(n2)[C@@H](C(F)(F)F)C[C@H](c2ccc4c(c2)OCO4)N3)CC1. The van der Waals surface area contributed by atoms with E-state index in [9.17, 15) is 22.8 Å². The molecule has 2 atom stereocenters. The monoisotopic (exact) mass is 465 g/mol. The number of hydrogen-bond donors (Lipinski definition) is 2. The van der Waals surface area contributed by atoms with E-state index in [0.29, 0.717) is 43.0 Å². The Kier molecular flexibility index (Phi) is 5.09. The van der Waals surface area contributed by atoms with Gasteiger partial charge in [-0.25, -0.2) is 4.68 Å². The number of piperidine rings is 1. The number of carbonyl (C=O) groups is 2. The van der Waals surface area contributed by atoms with Crippen molar-refractivity contribution in [1.82, 2.24) is 14.7 Å². The maximum Gasteiger partial charge on any atom is 0.410 e. The van der Waals surface area contributed by atoms with Crippen LogP contribution in [0.5, 0.6) is 11.5 Å². The Labute approximate surface area is 186 Å². The number of fused-ring (bicyclic) bond motifs is 2. The summed E-state index contributed by atoms with van der Waals surface area (Å²) in [5.74, 6) is -0.0507. The highest BCUT2D eigenvalue weighted by molar-refractivity contribution is 5.93. The van der Waals surface area contributed by atoms with Gasteiger partial charge in [0.05, 0.1) is 6.04 Å². The van der Waals surface area contributed by atoms with Crippen molar-refractivity contribution in [2.75, 3.05) is 25.2 Å². The molecule has 0 aliphatic carbocycles. The molecule has 3 N–H and O–H groups in total. The quantitative estimate of drug-likeness (QED) is 0.721. The molecule has 1 saturated heterocycles. The van der Waals surface area contributed by atoms with Crippen molar-refractivity contribution >= 4 is 17.6 Å². The second-order valence-corrected chi connectivity index (χ2v) is 8.43. The number of nitrogens with one attached hydrogen (secondary N) is 1. The maximum atomic E-state index is 13.9. The van der Waals surface area contributed by atoms with E-state index in [1.165, 1.54) is 11.0 Å². The fourth-order valence-corrected chi connectivity index (χ4v) is 4.56. The van der Waals surface area contributed by atoms with Gasteiger partial charge >= 0.3 is 6.18 Å². The van der Waals surface area contributed by atoms with Crippen molar-refractivity contribution in [2.24, 2.45) is 11.7 Å². The number of ether oxygens (including phenoxy) is 2. The van der Waals surface area contributed by atoms with Crippen molar-refractivity contribution in [3.8, 4) is 11.5 Å². The average molecular weight is 465 g/mol. The van der Waals surface area contributed by atoms with E-state index in [1.54, 1.807) is 18.2 Å². The zero-order chi connectivity index (χ0) is 23.3. The van der Waals surface area contributed by atoms with Crippen LogP contribution >= 0.6 is 0 Å². The van der Waals surface area contributed by atoms with Gasteiger partial charge in [0.25, 0.3) is 5.91 Å². The van der Waals surface area contributed by atoms with E-state index in [1.807, 2.05) is 0 Å². The minimum atomic E-state index is -4.56. The minimum absolute atomic E-state index is 0.0665. The molecule has 3 aliphatic rings. The zero-order valence-corrected chi connectivity index (χ0v) is 17.5. The zero-order valence-electron chi connectivity index (χ0n) is 17.5. The third-order valence-corrected chi connectivity index (χ3v) is 6.39. The van der Waals surface area contributed by atoms with Crippen molar-refractivity contribution in [3.05, 3.63) is 35.5 Å². The second-order valence-electron chi connectivity index (χ2n) is 8.43. The molecule has 0 unspecified atom stereocenters. The Hall–Kier alpha value is -3.44. The molecule has 0 radical (unpaired) electrons. The first-order chi connectivity index (χ1) is 15.7. The number of primary amides is 1. The molecule has 2 amide bonds. The van der Waals surface area contributed by atoms with Crippen molar-refractivity contribution in [2.45, 2.75) is 37.5 Å². The van der Waals surface area contributed by atoms with Crippen LogP contribution in [0.2, 0.25) is 0 Å². The molecule has 33 heavy (non-hydrogen) atoms. The van der Waals surface area contributed by atoms with Crippen molar-refractivity contribution < 1.29 is 32.2 Å².